The van der Waals surface area contributed by atoms with Crippen molar-refractivity contribution in [2.75, 3.05) is 13.7 Å². The molecule has 0 bridgehead atoms. The van der Waals surface area contributed by atoms with E-state index in [0.29, 0.717) is 17.0 Å². The van der Waals surface area contributed by atoms with E-state index in [1.54, 1.807) is 18.3 Å². The number of aryl methyl sites for hydroxylation is 1. The molecule has 2 aromatic heterocycles. The van der Waals surface area contributed by atoms with Gasteiger partial charge in [0.15, 0.2) is 0 Å². The SMILES string of the molecule is COC1CC(C(=O)O)N(C(=O)c2sc(-c3cccs3)nc2C)C1. The number of methoxy groups -OCH3 is 1. The zero-order valence-electron chi connectivity index (χ0n) is 12.7. The first-order valence-electron chi connectivity index (χ1n) is 7.09. The van der Waals surface area contributed by atoms with Gasteiger partial charge in [0.2, 0.25) is 0 Å². The molecule has 1 amide bonds. The number of carboxylic acid groups (broad SMARTS) is 1. The fourth-order valence-corrected chi connectivity index (χ4v) is 4.48. The number of hydrogen-bond donors (Lipinski definition) is 1. The van der Waals surface area contributed by atoms with Gasteiger partial charge in [-0.05, 0) is 18.4 Å². The van der Waals surface area contributed by atoms with Crippen molar-refractivity contribution in [1.29, 1.82) is 0 Å². The smallest absolute Gasteiger partial charge is 0.326 e. The zero-order chi connectivity index (χ0) is 16.6. The molecule has 23 heavy (non-hydrogen) atoms. The van der Waals surface area contributed by atoms with E-state index in [0.717, 1.165) is 9.88 Å². The molecule has 1 aliphatic rings. The highest BCUT2D eigenvalue weighted by molar-refractivity contribution is 7.22. The zero-order valence-corrected chi connectivity index (χ0v) is 14.3. The number of nitrogens with zero attached hydrogens (tertiary/aromatic N) is 2. The summed E-state index contributed by atoms with van der Waals surface area (Å²) in [6, 6.07) is 3.04. The molecule has 0 aliphatic carbocycles. The Morgan fingerprint density at radius 1 is 1.48 bits per heavy atom. The van der Waals surface area contributed by atoms with E-state index in [2.05, 4.69) is 4.98 Å². The van der Waals surface area contributed by atoms with Crippen LogP contribution in [-0.4, -0.2) is 52.7 Å². The average molecular weight is 352 g/mol. The van der Waals surface area contributed by atoms with Crippen LogP contribution in [-0.2, 0) is 9.53 Å². The molecule has 0 saturated carbocycles. The lowest BCUT2D eigenvalue weighted by atomic mass is 10.2. The van der Waals surface area contributed by atoms with Crippen LogP contribution < -0.4 is 0 Å². The fourth-order valence-electron chi connectivity index (χ4n) is 2.66. The predicted octanol–water partition coefficient (Wildman–Crippen LogP) is 2.49. The van der Waals surface area contributed by atoms with Crippen LogP contribution in [0.4, 0.5) is 0 Å². The number of aromatic nitrogens is 1. The third-order valence-electron chi connectivity index (χ3n) is 3.86. The first-order valence-corrected chi connectivity index (χ1v) is 8.78. The number of aliphatic carboxylic acids is 1. The van der Waals surface area contributed by atoms with Gasteiger partial charge in [0.1, 0.15) is 15.9 Å². The van der Waals surface area contributed by atoms with Crippen molar-refractivity contribution in [1.82, 2.24) is 9.88 Å². The van der Waals surface area contributed by atoms with Gasteiger partial charge in [0.25, 0.3) is 5.91 Å². The molecular weight excluding hydrogens is 336 g/mol. The number of carbonyl (C=O) groups excluding carboxylic acids is 1. The van der Waals surface area contributed by atoms with Crippen LogP contribution in [0.25, 0.3) is 9.88 Å². The Morgan fingerprint density at radius 3 is 2.87 bits per heavy atom. The fraction of sp³-hybridized carbons (Fsp3) is 0.400. The van der Waals surface area contributed by atoms with Crippen molar-refractivity contribution in [3.63, 3.8) is 0 Å². The quantitative estimate of drug-likeness (QED) is 0.914. The van der Waals surface area contributed by atoms with Gasteiger partial charge < -0.3 is 14.7 Å². The first-order chi connectivity index (χ1) is 11.0. The molecule has 1 aliphatic heterocycles. The Morgan fingerprint density at radius 2 is 2.26 bits per heavy atom. The second-order valence-electron chi connectivity index (χ2n) is 5.32. The Bertz CT molecular complexity index is 726. The lowest BCUT2D eigenvalue weighted by Gasteiger charge is -2.20. The molecule has 122 valence electrons. The third kappa shape index (κ3) is 3.01. The number of ether oxygens (including phenoxy) is 1. The molecule has 8 heteroatoms. The molecule has 1 N–H and O–H groups in total. The van der Waals surface area contributed by atoms with Crippen molar-refractivity contribution in [2.45, 2.75) is 25.5 Å². The number of carboxylic acids is 1. The molecule has 0 radical (unpaired) electrons. The van der Waals surface area contributed by atoms with E-state index in [9.17, 15) is 14.7 Å². The summed E-state index contributed by atoms with van der Waals surface area (Å²) in [6.07, 6.45) is 0.0674. The summed E-state index contributed by atoms with van der Waals surface area (Å²) < 4.78 is 5.23. The summed E-state index contributed by atoms with van der Waals surface area (Å²) in [5, 5.41) is 12.1. The maximum absolute atomic E-state index is 12.8. The van der Waals surface area contributed by atoms with Crippen LogP contribution in [0.1, 0.15) is 21.8 Å². The van der Waals surface area contributed by atoms with Gasteiger partial charge in [0, 0.05) is 20.1 Å². The summed E-state index contributed by atoms with van der Waals surface area (Å²) in [6.45, 7) is 2.07. The third-order valence-corrected chi connectivity index (χ3v) is 6.05. The van der Waals surface area contributed by atoms with Crippen molar-refractivity contribution in [2.24, 2.45) is 0 Å². The maximum atomic E-state index is 12.8. The van der Waals surface area contributed by atoms with Crippen LogP contribution >= 0.6 is 22.7 Å². The Kier molecular flexibility index (Phi) is 4.47. The van der Waals surface area contributed by atoms with Gasteiger partial charge in [-0.3, -0.25) is 4.79 Å². The monoisotopic (exact) mass is 352 g/mol. The Hall–Kier alpha value is -1.77. The lowest BCUT2D eigenvalue weighted by molar-refractivity contribution is -0.141. The number of rotatable bonds is 4. The van der Waals surface area contributed by atoms with Crippen LogP contribution in [0.15, 0.2) is 17.5 Å². The molecule has 2 aromatic rings. The number of amides is 1. The average Bonchev–Trinajstić information content (AvgIpc) is 3.25. The number of likely N-dealkylation sites (tertiary alicyclic amines) is 1. The molecule has 0 aromatic carbocycles. The standard InChI is InChI=1S/C15H16N2O4S2/c1-8-12(23-13(16-8)11-4-3-5-22-11)14(18)17-7-9(21-2)6-10(17)15(19)20/h3-5,9-10H,6-7H2,1-2H3,(H,19,20). The first kappa shape index (κ1) is 16.1. The van der Waals surface area contributed by atoms with E-state index in [4.69, 9.17) is 4.74 Å². The topological polar surface area (TPSA) is 79.7 Å². The second-order valence-corrected chi connectivity index (χ2v) is 7.26. The minimum Gasteiger partial charge on any atom is -0.480 e. The molecule has 0 spiro atoms. The second kappa shape index (κ2) is 6.38. The van der Waals surface area contributed by atoms with E-state index in [1.807, 2.05) is 17.5 Å². The molecule has 6 nitrogen and oxygen atoms in total. The van der Waals surface area contributed by atoms with Crippen LogP contribution in [0.3, 0.4) is 0 Å². The highest BCUT2D eigenvalue weighted by Crippen LogP contribution is 2.33. The summed E-state index contributed by atoms with van der Waals surface area (Å²) in [7, 11) is 1.53. The van der Waals surface area contributed by atoms with E-state index >= 15 is 0 Å². The van der Waals surface area contributed by atoms with Crippen LogP contribution in [0.5, 0.6) is 0 Å². The molecule has 3 heterocycles. The van der Waals surface area contributed by atoms with Crippen molar-refractivity contribution >= 4 is 34.6 Å². The van der Waals surface area contributed by atoms with Crippen molar-refractivity contribution in [3.05, 3.63) is 28.1 Å². The van der Waals surface area contributed by atoms with Gasteiger partial charge in [-0.25, -0.2) is 9.78 Å². The Labute approximate surface area is 141 Å². The normalized spacial score (nSPS) is 20.9. The molecule has 3 rings (SSSR count). The van der Waals surface area contributed by atoms with Gasteiger partial charge in [-0.2, -0.15) is 0 Å². The van der Waals surface area contributed by atoms with Gasteiger partial charge in [0.05, 0.1) is 16.7 Å². The molecule has 1 fully saturated rings. The maximum Gasteiger partial charge on any atom is 0.326 e. The Balaban J connectivity index is 1.89. The molecular formula is C15H16N2O4S2. The minimum atomic E-state index is -1.00. The van der Waals surface area contributed by atoms with Crippen LogP contribution in [0.2, 0.25) is 0 Å². The van der Waals surface area contributed by atoms with Gasteiger partial charge in [-0.15, -0.1) is 22.7 Å². The van der Waals surface area contributed by atoms with Gasteiger partial charge in [-0.1, -0.05) is 6.07 Å². The van der Waals surface area contributed by atoms with E-state index in [-0.39, 0.29) is 18.6 Å². The molecule has 2 atom stereocenters. The van der Waals surface area contributed by atoms with Crippen molar-refractivity contribution in [3.8, 4) is 9.88 Å². The highest BCUT2D eigenvalue weighted by atomic mass is 32.1. The number of thiazole rings is 1. The summed E-state index contributed by atoms with van der Waals surface area (Å²) in [5.41, 5.74) is 0.633. The predicted molar refractivity (Wildman–Crippen MR) is 88.0 cm³/mol. The molecule has 1 saturated heterocycles. The summed E-state index contributed by atoms with van der Waals surface area (Å²) in [4.78, 5) is 31.6. The number of hydrogen-bond acceptors (Lipinski definition) is 6. The van der Waals surface area contributed by atoms with E-state index < -0.39 is 12.0 Å². The van der Waals surface area contributed by atoms with Crippen molar-refractivity contribution < 1.29 is 19.4 Å². The summed E-state index contributed by atoms with van der Waals surface area (Å²) >= 11 is 2.87. The summed E-state index contributed by atoms with van der Waals surface area (Å²) in [5.74, 6) is -1.28. The largest absolute Gasteiger partial charge is 0.480 e. The highest BCUT2D eigenvalue weighted by Gasteiger charge is 2.41. The van der Waals surface area contributed by atoms with Gasteiger partial charge >= 0.3 is 5.97 Å². The molecule has 2 unspecified atom stereocenters. The minimum absolute atomic E-state index is 0.245. The number of carbonyl (C=O) groups is 2. The van der Waals surface area contributed by atoms with Crippen LogP contribution in [0, 0.1) is 6.92 Å². The lowest BCUT2D eigenvalue weighted by Crippen LogP contribution is -2.40. The van der Waals surface area contributed by atoms with E-state index in [1.165, 1.54) is 23.3 Å². The number of thiophene rings is 1.